The molecule has 0 radical (unpaired) electrons. The van der Waals surface area contributed by atoms with Crippen LogP contribution >= 0.6 is 0 Å². The lowest BCUT2D eigenvalue weighted by atomic mass is 10.2. The SMILES string of the molecule is CC[C@@H](N)C(=O)N(CC)CC(=O)N(C)C. The molecule has 0 aromatic rings. The maximum Gasteiger partial charge on any atom is 0.241 e. The molecule has 0 aromatic carbocycles. The molecule has 0 spiro atoms. The molecule has 2 amide bonds. The van der Waals surface area contributed by atoms with Crippen LogP contribution in [0.15, 0.2) is 0 Å². The van der Waals surface area contributed by atoms with Crippen LogP contribution in [-0.4, -0.2) is 54.8 Å². The van der Waals surface area contributed by atoms with Crippen LogP contribution in [0.2, 0.25) is 0 Å². The summed E-state index contributed by atoms with van der Waals surface area (Å²) in [6.07, 6.45) is 0.589. The Kier molecular flexibility index (Phi) is 5.93. The molecule has 0 bridgehead atoms. The minimum atomic E-state index is -0.500. The number of nitrogens with zero attached hydrogens (tertiary/aromatic N) is 2. The van der Waals surface area contributed by atoms with Crippen LogP contribution in [0.1, 0.15) is 20.3 Å². The normalized spacial score (nSPS) is 12.1. The molecule has 15 heavy (non-hydrogen) atoms. The second-order valence-corrected chi connectivity index (χ2v) is 3.66. The molecule has 88 valence electrons. The predicted molar refractivity (Wildman–Crippen MR) is 59.2 cm³/mol. The van der Waals surface area contributed by atoms with Gasteiger partial charge in [0.2, 0.25) is 11.8 Å². The van der Waals surface area contributed by atoms with Gasteiger partial charge >= 0.3 is 0 Å². The lowest BCUT2D eigenvalue weighted by Gasteiger charge is -2.24. The summed E-state index contributed by atoms with van der Waals surface area (Å²) in [5, 5.41) is 0. The average molecular weight is 215 g/mol. The number of hydrogen-bond acceptors (Lipinski definition) is 3. The molecule has 2 N–H and O–H groups in total. The molecule has 0 saturated carbocycles. The van der Waals surface area contributed by atoms with Gasteiger partial charge in [-0.25, -0.2) is 0 Å². The lowest BCUT2D eigenvalue weighted by molar-refractivity contribution is -0.139. The van der Waals surface area contributed by atoms with Crippen molar-refractivity contribution in [2.45, 2.75) is 26.3 Å². The molecule has 0 rings (SSSR count). The van der Waals surface area contributed by atoms with Crippen LogP contribution in [-0.2, 0) is 9.59 Å². The van der Waals surface area contributed by atoms with Gasteiger partial charge in [0.15, 0.2) is 0 Å². The summed E-state index contributed by atoms with van der Waals surface area (Å²) in [4.78, 5) is 26.1. The summed E-state index contributed by atoms with van der Waals surface area (Å²) in [6, 6.07) is -0.500. The largest absolute Gasteiger partial charge is 0.347 e. The van der Waals surface area contributed by atoms with Crippen LogP contribution in [0.25, 0.3) is 0 Å². The van der Waals surface area contributed by atoms with E-state index in [2.05, 4.69) is 0 Å². The van der Waals surface area contributed by atoms with E-state index in [1.165, 1.54) is 9.80 Å². The van der Waals surface area contributed by atoms with Crippen LogP contribution < -0.4 is 5.73 Å². The fourth-order valence-corrected chi connectivity index (χ4v) is 1.06. The first-order valence-electron chi connectivity index (χ1n) is 5.18. The molecular weight excluding hydrogens is 194 g/mol. The highest BCUT2D eigenvalue weighted by Gasteiger charge is 2.20. The molecule has 0 unspecified atom stereocenters. The zero-order valence-corrected chi connectivity index (χ0v) is 9.99. The maximum absolute atomic E-state index is 11.7. The molecule has 5 heteroatoms. The Bertz CT molecular complexity index is 229. The highest BCUT2D eigenvalue weighted by atomic mass is 16.2. The number of nitrogens with two attached hydrogens (primary N) is 1. The maximum atomic E-state index is 11.7. The molecule has 0 fully saturated rings. The van der Waals surface area contributed by atoms with Crippen molar-refractivity contribution < 1.29 is 9.59 Å². The quantitative estimate of drug-likeness (QED) is 0.682. The number of amides is 2. The van der Waals surface area contributed by atoms with Crippen molar-refractivity contribution >= 4 is 11.8 Å². The summed E-state index contributed by atoms with van der Waals surface area (Å²) in [6.45, 7) is 4.30. The first kappa shape index (κ1) is 13.9. The van der Waals surface area contributed by atoms with Crippen LogP contribution in [0.5, 0.6) is 0 Å². The van der Waals surface area contributed by atoms with Gasteiger partial charge in [-0.15, -0.1) is 0 Å². The summed E-state index contributed by atoms with van der Waals surface area (Å²) in [5.41, 5.74) is 5.63. The van der Waals surface area contributed by atoms with Crippen molar-refractivity contribution in [3.05, 3.63) is 0 Å². The van der Waals surface area contributed by atoms with Crippen LogP contribution in [0.3, 0.4) is 0 Å². The monoisotopic (exact) mass is 215 g/mol. The second kappa shape index (κ2) is 6.40. The molecule has 0 aliphatic heterocycles. The molecule has 0 aromatic heterocycles. The van der Waals surface area contributed by atoms with Gasteiger partial charge in [0.05, 0.1) is 12.6 Å². The fourth-order valence-electron chi connectivity index (χ4n) is 1.06. The molecular formula is C10H21N3O2. The van der Waals surface area contributed by atoms with Gasteiger partial charge in [0, 0.05) is 20.6 Å². The van der Waals surface area contributed by atoms with Gasteiger partial charge in [-0.2, -0.15) is 0 Å². The summed E-state index contributed by atoms with van der Waals surface area (Å²) >= 11 is 0. The van der Waals surface area contributed by atoms with E-state index < -0.39 is 6.04 Å². The van der Waals surface area contributed by atoms with Gasteiger partial charge in [0.1, 0.15) is 0 Å². The third kappa shape index (κ3) is 4.29. The van der Waals surface area contributed by atoms with E-state index in [1.807, 2.05) is 13.8 Å². The van der Waals surface area contributed by atoms with E-state index >= 15 is 0 Å². The number of carbonyl (C=O) groups is 2. The van der Waals surface area contributed by atoms with Crippen LogP contribution in [0.4, 0.5) is 0 Å². The Morgan fingerprint density at radius 2 is 1.80 bits per heavy atom. The van der Waals surface area contributed by atoms with Crippen molar-refractivity contribution in [2.75, 3.05) is 27.2 Å². The fraction of sp³-hybridized carbons (Fsp3) is 0.800. The van der Waals surface area contributed by atoms with E-state index in [0.29, 0.717) is 13.0 Å². The van der Waals surface area contributed by atoms with Crippen molar-refractivity contribution in [2.24, 2.45) is 5.73 Å². The van der Waals surface area contributed by atoms with Crippen molar-refractivity contribution in [3.8, 4) is 0 Å². The molecule has 5 nitrogen and oxygen atoms in total. The number of hydrogen-bond donors (Lipinski definition) is 1. The first-order valence-corrected chi connectivity index (χ1v) is 5.18. The highest BCUT2D eigenvalue weighted by Crippen LogP contribution is 1.97. The third-order valence-corrected chi connectivity index (χ3v) is 2.28. The van der Waals surface area contributed by atoms with Gasteiger partial charge < -0.3 is 15.5 Å². The van der Waals surface area contributed by atoms with Crippen LogP contribution in [0, 0.1) is 0 Å². The number of carbonyl (C=O) groups excluding carboxylic acids is 2. The first-order chi connectivity index (χ1) is 6.93. The molecule has 1 atom stereocenters. The van der Waals surface area contributed by atoms with E-state index in [1.54, 1.807) is 14.1 Å². The Labute approximate surface area is 91.2 Å². The van der Waals surface area contributed by atoms with Crippen molar-refractivity contribution in [1.82, 2.24) is 9.80 Å². The summed E-state index contributed by atoms with van der Waals surface area (Å²) < 4.78 is 0. The molecule has 0 heterocycles. The molecule has 0 aliphatic carbocycles. The Hall–Kier alpha value is -1.10. The summed E-state index contributed by atoms with van der Waals surface area (Å²) in [7, 11) is 3.33. The Morgan fingerprint density at radius 3 is 2.13 bits per heavy atom. The lowest BCUT2D eigenvalue weighted by Crippen LogP contribution is -2.47. The number of likely N-dealkylation sites (N-methyl/N-ethyl adjacent to an activating group) is 2. The Balaban J connectivity index is 4.37. The van der Waals surface area contributed by atoms with Gasteiger partial charge in [-0.05, 0) is 13.3 Å². The predicted octanol–water partition coefficient (Wildman–Crippen LogP) is -0.340. The molecule has 0 saturated heterocycles. The second-order valence-electron chi connectivity index (χ2n) is 3.66. The third-order valence-electron chi connectivity index (χ3n) is 2.28. The zero-order valence-electron chi connectivity index (χ0n) is 9.99. The minimum Gasteiger partial charge on any atom is -0.347 e. The molecule has 0 aliphatic rings. The Morgan fingerprint density at radius 1 is 1.27 bits per heavy atom. The van der Waals surface area contributed by atoms with Crippen molar-refractivity contribution in [3.63, 3.8) is 0 Å². The van der Waals surface area contributed by atoms with Gasteiger partial charge in [0.25, 0.3) is 0 Å². The summed E-state index contributed by atoms with van der Waals surface area (Å²) in [5.74, 6) is -0.247. The minimum absolute atomic E-state index is 0.0893. The highest BCUT2D eigenvalue weighted by molar-refractivity contribution is 5.87. The van der Waals surface area contributed by atoms with E-state index in [4.69, 9.17) is 5.73 Å². The van der Waals surface area contributed by atoms with E-state index in [9.17, 15) is 9.59 Å². The average Bonchev–Trinajstić information content (AvgIpc) is 2.23. The number of rotatable bonds is 5. The zero-order chi connectivity index (χ0) is 12.0. The van der Waals surface area contributed by atoms with E-state index in [-0.39, 0.29) is 18.4 Å². The smallest absolute Gasteiger partial charge is 0.241 e. The standard InChI is InChI=1S/C10H21N3O2/c1-5-8(11)10(15)13(6-2)7-9(14)12(3)4/h8H,5-7,11H2,1-4H3/t8-/m1/s1. The van der Waals surface area contributed by atoms with Gasteiger partial charge in [-0.1, -0.05) is 6.92 Å². The van der Waals surface area contributed by atoms with E-state index in [0.717, 1.165) is 0 Å². The topological polar surface area (TPSA) is 66.6 Å². The van der Waals surface area contributed by atoms with Gasteiger partial charge in [-0.3, -0.25) is 9.59 Å². The van der Waals surface area contributed by atoms with Crippen molar-refractivity contribution in [1.29, 1.82) is 0 Å².